The highest BCUT2D eigenvalue weighted by Gasteiger charge is 2.19. The van der Waals surface area contributed by atoms with Gasteiger partial charge in [-0.2, -0.15) is 0 Å². The van der Waals surface area contributed by atoms with Gasteiger partial charge >= 0.3 is 0 Å². The van der Waals surface area contributed by atoms with E-state index in [0.29, 0.717) is 41.0 Å². The minimum Gasteiger partial charge on any atom is -0.486 e. The van der Waals surface area contributed by atoms with Gasteiger partial charge < -0.3 is 14.8 Å². The molecule has 3 aromatic rings. The number of hydrogen-bond donors (Lipinski definition) is 1. The molecular weight excluding hydrogens is 336 g/mol. The summed E-state index contributed by atoms with van der Waals surface area (Å²) >= 11 is 1.39. The lowest BCUT2D eigenvalue weighted by Crippen LogP contribution is -2.16. The van der Waals surface area contributed by atoms with Crippen LogP contribution in [0.15, 0.2) is 48.5 Å². The largest absolute Gasteiger partial charge is 0.486 e. The number of aryl methyl sites for hydroxylation is 1. The Morgan fingerprint density at radius 3 is 2.64 bits per heavy atom. The average Bonchev–Trinajstić information content (AvgIpc) is 3.04. The minimum atomic E-state index is -0.180. The molecular formula is C19H16N2O3S. The summed E-state index contributed by atoms with van der Waals surface area (Å²) in [7, 11) is 0. The Balaban J connectivity index is 1.62. The molecule has 0 fully saturated rings. The molecule has 1 amide bonds. The Morgan fingerprint density at radius 2 is 1.84 bits per heavy atom. The number of amides is 1. The van der Waals surface area contributed by atoms with Crippen LogP contribution in [-0.4, -0.2) is 24.1 Å². The van der Waals surface area contributed by atoms with Crippen molar-refractivity contribution in [3.05, 3.63) is 58.4 Å². The van der Waals surface area contributed by atoms with Crippen molar-refractivity contribution in [2.75, 3.05) is 18.5 Å². The predicted octanol–water partition coefficient (Wildman–Crippen LogP) is 4.14. The van der Waals surface area contributed by atoms with Gasteiger partial charge in [-0.1, -0.05) is 30.3 Å². The molecule has 1 N–H and O–H groups in total. The van der Waals surface area contributed by atoms with Crippen molar-refractivity contribution >= 4 is 22.9 Å². The fourth-order valence-corrected chi connectivity index (χ4v) is 3.52. The second-order valence-electron chi connectivity index (χ2n) is 5.59. The van der Waals surface area contributed by atoms with E-state index in [2.05, 4.69) is 10.3 Å². The molecule has 0 atom stereocenters. The van der Waals surface area contributed by atoms with E-state index >= 15 is 0 Å². The summed E-state index contributed by atoms with van der Waals surface area (Å²) in [6.07, 6.45) is 0. The lowest BCUT2D eigenvalue weighted by Gasteiger charge is -2.19. The monoisotopic (exact) mass is 352 g/mol. The fraction of sp³-hybridized carbons (Fsp3) is 0.158. The summed E-state index contributed by atoms with van der Waals surface area (Å²) in [5.74, 6) is 1.16. The standard InChI is InChI=1S/C19H16N2O3S/c1-12-20-17(13-5-3-2-4-6-13)18(25-12)19(22)21-14-7-8-15-16(11-14)24-10-9-23-15/h2-8,11H,9-10H2,1H3,(H,21,22). The molecule has 6 heteroatoms. The van der Waals surface area contributed by atoms with Gasteiger partial charge in [0.25, 0.3) is 5.91 Å². The maximum absolute atomic E-state index is 12.8. The molecule has 25 heavy (non-hydrogen) atoms. The molecule has 0 unspecified atom stereocenters. The second kappa shape index (κ2) is 6.57. The van der Waals surface area contributed by atoms with Gasteiger partial charge in [0.2, 0.25) is 0 Å². The average molecular weight is 352 g/mol. The third kappa shape index (κ3) is 3.21. The number of nitrogens with zero attached hydrogens (tertiary/aromatic N) is 1. The first kappa shape index (κ1) is 15.7. The summed E-state index contributed by atoms with van der Waals surface area (Å²) in [6, 6.07) is 15.1. The molecule has 126 valence electrons. The Labute approximate surface area is 149 Å². The normalized spacial score (nSPS) is 12.7. The van der Waals surface area contributed by atoms with Gasteiger partial charge in [-0.25, -0.2) is 4.98 Å². The number of fused-ring (bicyclic) bond motifs is 1. The Hall–Kier alpha value is -2.86. The number of hydrogen-bond acceptors (Lipinski definition) is 5. The zero-order chi connectivity index (χ0) is 17.2. The molecule has 1 aromatic heterocycles. The highest BCUT2D eigenvalue weighted by Crippen LogP contribution is 2.33. The third-order valence-electron chi connectivity index (χ3n) is 3.79. The van der Waals surface area contributed by atoms with Crippen molar-refractivity contribution in [3.63, 3.8) is 0 Å². The lowest BCUT2D eigenvalue weighted by atomic mass is 10.1. The van der Waals surface area contributed by atoms with Crippen molar-refractivity contribution in [2.45, 2.75) is 6.92 Å². The van der Waals surface area contributed by atoms with Gasteiger partial charge in [0.1, 0.15) is 18.1 Å². The number of carbonyl (C=O) groups excluding carboxylic acids is 1. The second-order valence-corrected chi connectivity index (χ2v) is 6.79. The molecule has 0 saturated heterocycles. The Morgan fingerprint density at radius 1 is 1.08 bits per heavy atom. The molecule has 1 aliphatic rings. The van der Waals surface area contributed by atoms with E-state index in [1.54, 1.807) is 12.1 Å². The van der Waals surface area contributed by atoms with Gasteiger partial charge in [0.15, 0.2) is 11.5 Å². The summed E-state index contributed by atoms with van der Waals surface area (Å²) in [6.45, 7) is 2.95. The van der Waals surface area contributed by atoms with E-state index in [4.69, 9.17) is 9.47 Å². The van der Waals surface area contributed by atoms with Crippen LogP contribution in [0.5, 0.6) is 11.5 Å². The van der Waals surface area contributed by atoms with Crippen molar-refractivity contribution in [3.8, 4) is 22.8 Å². The number of anilines is 1. The van der Waals surface area contributed by atoms with Crippen molar-refractivity contribution < 1.29 is 14.3 Å². The molecule has 2 heterocycles. The number of nitrogens with one attached hydrogen (secondary N) is 1. The summed E-state index contributed by atoms with van der Waals surface area (Å²) in [4.78, 5) is 17.9. The third-order valence-corrected chi connectivity index (χ3v) is 4.76. The minimum absolute atomic E-state index is 0.180. The van der Waals surface area contributed by atoms with Crippen LogP contribution in [0.3, 0.4) is 0 Å². The van der Waals surface area contributed by atoms with Crippen molar-refractivity contribution in [2.24, 2.45) is 0 Å². The summed E-state index contributed by atoms with van der Waals surface area (Å²) in [5, 5.41) is 3.78. The van der Waals surface area contributed by atoms with Gasteiger partial charge in [-0.3, -0.25) is 4.79 Å². The Bertz CT molecular complexity index is 922. The number of benzene rings is 2. The van der Waals surface area contributed by atoms with Crippen LogP contribution in [0.1, 0.15) is 14.7 Å². The first-order chi connectivity index (χ1) is 12.2. The van der Waals surface area contributed by atoms with Gasteiger partial charge in [-0.15, -0.1) is 11.3 Å². The van der Waals surface area contributed by atoms with E-state index in [1.165, 1.54) is 11.3 Å². The molecule has 0 radical (unpaired) electrons. The highest BCUT2D eigenvalue weighted by molar-refractivity contribution is 7.14. The zero-order valence-corrected chi connectivity index (χ0v) is 14.4. The topological polar surface area (TPSA) is 60.5 Å². The van der Waals surface area contributed by atoms with E-state index < -0.39 is 0 Å². The molecule has 4 rings (SSSR count). The van der Waals surface area contributed by atoms with Crippen LogP contribution < -0.4 is 14.8 Å². The van der Waals surface area contributed by atoms with Crippen LogP contribution in [0.2, 0.25) is 0 Å². The van der Waals surface area contributed by atoms with Gasteiger partial charge in [0, 0.05) is 17.3 Å². The van der Waals surface area contributed by atoms with E-state index in [-0.39, 0.29) is 5.91 Å². The SMILES string of the molecule is Cc1nc(-c2ccccc2)c(C(=O)Nc2ccc3c(c2)OCCO3)s1. The van der Waals surface area contributed by atoms with E-state index in [1.807, 2.05) is 43.3 Å². The molecule has 0 aliphatic carbocycles. The quantitative estimate of drug-likeness (QED) is 0.769. The maximum Gasteiger partial charge on any atom is 0.268 e. The Kier molecular flexibility index (Phi) is 4.11. The van der Waals surface area contributed by atoms with Crippen LogP contribution in [0.25, 0.3) is 11.3 Å². The van der Waals surface area contributed by atoms with Gasteiger partial charge in [0.05, 0.1) is 10.7 Å². The smallest absolute Gasteiger partial charge is 0.268 e. The number of thiazole rings is 1. The number of ether oxygens (including phenoxy) is 2. The number of aromatic nitrogens is 1. The number of carbonyl (C=O) groups is 1. The predicted molar refractivity (Wildman–Crippen MR) is 97.7 cm³/mol. The number of rotatable bonds is 3. The van der Waals surface area contributed by atoms with E-state index in [0.717, 1.165) is 10.6 Å². The molecule has 5 nitrogen and oxygen atoms in total. The summed E-state index contributed by atoms with van der Waals surface area (Å²) in [5.41, 5.74) is 2.30. The summed E-state index contributed by atoms with van der Waals surface area (Å²) < 4.78 is 11.1. The lowest BCUT2D eigenvalue weighted by molar-refractivity contribution is 0.103. The van der Waals surface area contributed by atoms with Crippen LogP contribution >= 0.6 is 11.3 Å². The highest BCUT2D eigenvalue weighted by atomic mass is 32.1. The van der Waals surface area contributed by atoms with E-state index in [9.17, 15) is 4.79 Å². The fourth-order valence-electron chi connectivity index (χ4n) is 2.68. The van der Waals surface area contributed by atoms with Crippen LogP contribution in [0.4, 0.5) is 5.69 Å². The molecule has 0 bridgehead atoms. The first-order valence-corrected chi connectivity index (χ1v) is 8.76. The van der Waals surface area contributed by atoms with Crippen molar-refractivity contribution in [1.29, 1.82) is 0 Å². The van der Waals surface area contributed by atoms with Crippen LogP contribution in [0, 0.1) is 6.92 Å². The molecule has 1 aliphatic heterocycles. The molecule has 0 spiro atoms. The van der Waals surface area contributed by atoms with Crippen LogP contribution in [-0.2, 0) is 0 Å². The molecule has 0 saturated carbocycles. The maximum atomic E-state index is 12.8. The molecule has 2 aromatic carbocycles. The van der Waals surface area contributed by atoms with Gasteiger partial charge in [-0.05, 0) is 19.1 Å². The zero-order valence-electron chi connectivity index (χ0n) is 13.6. The first-order valence-electron chi connectivity index (χ1n) is 7.94. The van der Waals surface area contributed by atoms with Crippen molar-refractivity contribution in [1.82, 2.24) is 4.98 Å².